The lowest BCUT2D eigenvalue weighted by molar-refractivity contribution is 0.216. The van der Waals surface area contributed by atoms with Gasteiger partial charge in [-0.2, -0.15) is 0 Å². The second-order valence-electron chi connectivity index (χ2n) is 3.28. The summed E-state index contributed by atoms with van der Waals surface area (Å²) in [5, 5.41) is 10.7. The number of nitrogen functional groups attached to an aromatic ring is 1. The highest BCUT2D eigenvalue weighted by Gasteiger charge is 2.15. The number of aromatic nitrogens is 2. The minimum atomic E-state index is -0.883. The highest BCUT2D eigenvalue weighted by molar-refractivity contribution is 6.30. The van der Waals surface area contributed by atoms with Crippen molar-refractivity contribution in [3.63, 3.8) is 0 Å². The van der Waals surface area contributed by atoms with Crippen LogP contribution in [-0.2, 0) is 0 Å². The van der Waals surface area contributed by atoms with E-state index in [2.05, 4.69) is 9.97 Å². The van der Waals surface area contributed by atoms with Gasteiger partial charge < -0.3 is 10.8 Å². The molecule has 2 aromatic rings. The van der Waals surface area contributed by atoms with Gasteiger partial charge in [-0.05, 0) is 17.7 Å². The van der Waals surface area contributed by atoms with Gasteiger partial charge in [-0.1, -0.05) is 23.7 Å². The zero-order valence-corrected chi connectivity index (χ0v) is 9.09. The van der Waals surface area contributed by atoms with E-state index in [9.17, 15) is 5.11 Å². The minimum Gasteiger partial charge on any atom is -0.382 e. The number of benzene rings is 1. The van der Waals surface area contributed by atoms with E-state index in [4.69, 9.17) is 17.3 Å². The molecule has 0 saturated carbocycles. The quantitative estimate of drug-likeness (QED) is 0.833. The summed E-state index contributed by atoms with van der Waals surface area (Å²) < 4.78 is 0. The first-order valence-electron chi connectivity index (χ1n) is 4.68. The van der Waals surface area contributed by atoms with Gasteiger partial charge in [0.25, 0.3) is 0 Å². The molecular weight excluding hydrogens is 226 g/mol. The van der Waals surface area contributed by atoms with Gasteiger partial charge in [0.1, 0.15) is 17.6 Å². The van der Waals surface area contributed by atoms with Crippen LogP contribution in [0, 0.1) is 0 Å². The molecular formula is C11H10ClN3O. The predicted molar refractivity (Wildman–Crippen MR) is 62.0 cm³/mol. The first-order chi connectivity index (χ1) is 7.68. The van der Waals surface area contributed by atoms with E-state index in [1.165, 1.54) is 12.4 Å². The van der Waals surface area contributed by atoms with Crippen LogP contribution < -0.4 is 5.73 Å². The number of hydrogen-bond donors (Lipinski definition) is 2. The Kier molecular flexibility index (Phi) is 3.03. The monoisotopic (exact) mass is 235 g/mol. The molecule has 5 heteroatoms. The number of hydrogen-bond acceptors (Lipinski definition) is 4. The normalized spacial score (nSPS) is 12.4. The first kappa shape index (κ1) is 10.9. The molecule has 1 aromatic heterocycles. The minimum absolute atomic E-state index is 0.227. The Morgan fingerprint density at radius 2 is 1.75 bits per heavy atom. The molecule has 2 rings (SSSR count). The van der Waals surface area contributed by atoms with Gasteiger partial charge in [0.2, 0.25) is 0 Å². The molecule has 0 bridgehead atoms. The number of aliphatic hydroxyl groups excluding tert-OH is 1. The highest BCUT2D eigenvalue weighted by atomic mass is 35.5. The molecule has 82 valence electrons. The van der Waals surface area contributed by atoms with Crippen molar-refractivity contribution in [2.24, 2.45) is 0 Å². The van der Waals surface area contributed by atoms with Gasteiger partial charge in [0.05, 0.1) is 0 Å². The summed E-state index contributed by atoms with van der Waals surface area (Å²) in [6.45, 7) is 0. The summed E-state index contributed by atoms with van der Waals surface area (Å²) in [5.41, 5.74) is 6.66. The van der Waals surface area contributed by atoms with Crippen molar-refractivity contribution in [2.45, 2.75) is 6.10 Å². The Bertz CT molecular complexity index is 487. The molecule has 1 aromatic carbocycles. The van der Waals surface area contributed by atoms with Crippen molar-refractivity contribution in [1.29, 1.82) is 0 Å². The van der Waals surface area contributed by atoms with Gasteiger partial charge in [0.15, 0.2) is 0 Å². The van der Waals surface area contributed by atoms with Crippen LogP contribution in [0.25, 0.3) is 0 Å². The van der Waals surface area contributed by atoms with Crippen molar-refractivity contribution in [2.75, 3.05) is 5.73 Å². The van der Waals surface area contributed by atoms with E-state index in [1.54, 1.807) is 24.3 Å². The number of nitrogens with two attached hydrogens (primary N) is 1. The lowest BCUT2D eigenvalue weighted by Gasteiger charge is -2.11. The molecule has 0 saturated heterocycles. The summed E-state index contributed by atoms with van der Waals surface area (Å²) >= 11 is 5.76. The zero-order chi connectivity index (χ0) is 11.5. The average molecular weight is 236 g/mol. The Morgan fingerprint density at radius 3 is 2.38 bits per heavy atom. The molecule has 0 aliphatic carbocycles. The van der Waals surface area contributed by atoms with E-state index in [0.717, 1.165) is 0 Å². The first-order valence-corrected chi connectivity index (χ1v) is 5.06. The summed E-state index contributed by atoms with van der Waals surface area (Å²) in [4.78, 5) is 7.88. The molecule has 4 nitrogen and oxygen atoms in total. The third-order valence-corrected chi connectivity index (χ3v) is 2.45. The number of halogens is 1. The Balaban J connectivity index is 2.35. The second kappa shape index (κ2) is 4.47. The Morgan fingerprint density at radius 1 is 1.12 bits per heavy atom. The fourth-order valence-electron chi connectivity index (χ4n) is 1.37. The molecule has 1 heterocycles. The predicted octanol–water partition coefficient (Wildman–Crippen LogP) is 1.79. The van der Waals surface area contributed by atoms with Gasteiger partial charge in [-0.25, -0.2) is 4.98 Å². The molecule has 0 spiro atoms. The van der Waals surface area contributed by atoms with E-state index in [1.807, 2.05) is 0 Å². The molecule has 1 atom stereocenters. The smallest absolute Gasteiger partial charge is 0.148 e. The molecule has 0 aliphatic heterocycles. The largest absolute Gasteiger partial charge is 0.382 e. The molecule has 3 N–H and O–H groups in total. The SMILES string of the molecule is Nc1nccnc1C(O)c1ccc(Cl)cc1. The van der Waals surface area contributed by atoms with Gasteiger partial charge in [0, 0.05) is 17.4 Å². The van der Waals surface area contributed by atoms with Crippen LogP contribution in [0.1, 0.15) is 17.4 Å². The Hall–Kier alpha value is -1.65. The van der Waals surface area contributed by atoms with E-state index < -0.39 is 6.10 Å². The average Bonchev–Trinajstić information content (AvgIpc) is 2.30. The third-order valence-electron chi connectivity index (χ3n) is 2.20. The van der Waals surface area contributed by atoms with Crippen LogP contribution in [0.5, 0.6) is 0 Å². The molecule has 0 amide bonds. The molecule has 0 fully saturated rings. The summed E-state index contributed by atoms with van der Waals surface area (Å²) in [6, 6.07) is 6.85. The molecule has 16 heavy (non-hydrogen) atoms. The number of anilines is 1. The number of nitrogens with zero attached hydrogens (tertiary/aromatic N) is 2. The van der Waals surface area contributed by atoms with Gasteiger partial charge in [-0.3, -0.25) is 4.98 Å². The molecule has 0 aliphatic rings. The van der Waals surface area contributed by atoms with Crippen molar-refractivity contribution >= 4 is 17.4 Å². The maximum atomic E-state index is 10.0. The van der Waals surface area contributed by atoms with Crippen molar-refractivity contribution in [3.05, 3.63) is 52.9 Å². The summed E-state index contributed by atoms with van der Waals surface area (Å²) in [6.07, 6.45) is 2.09. The molecule has 1 unspecified atom stereocenters. The standard InChI is InChI=1S/C11H10ClN3O/c12-8-3-1-7(2-4-8)10(16)9-11(13)15-6-5-14-9/h1-6,10,16H,(H2,13,15). The van der Waals surface area contributed by atoms with E-state index in [0.29, 0.717) is 16.3 Å². The van der Waals surface area contributed by atoms with Crippen LogP contribution >= 0.6 is 11.6 Å². The maximum Gasteiger partial charge on any atom is 0.148 e. The van der Waals surface area contributed by atoms with Gasteiger partial charge >= 0.3 is 0 Å². The molecule has 0 radical (unpaired) electrons. The van der Waals surface area contributed by atoms with Crippen molar-refractivity contribution in [1.82, 2.24) is 9.97 Å². The van der Waals surface area contributed by atoms with Crippen LogP contribution in [0.15, 0.2) is 36.7 Å². The fraction of sp³-hybridized carbons (Fsp3) is 0.0909. The lowest BCUT2D eigenvalue weighted by Crippen LogP contribution is -2.07. The number of aliphatic hydroxyl groups is 1. The Labute approximate surface area is 97.7 Å². The fourth-order valence-corrected chi connectivity index (χ4v) is 1.50. The topological polar surface area (TPSA) is 72.0 Å². The van der Waals surface area contributed by atoms with Crippen LogP contribution in [0.3, 0.4) is 0 Å². The van der Waals surface area contributed by atoms with Crippen LogP contribution in [0.2, 0.25) is 5.02 Å². The van der Waals surface area contributed by atoms with Crippen molar-refractivity contribution in [3.8, 4) is 0 Å². The number of rotatable bonds is 2. The third kappa shape index (κ3) is 2.13. The summed E-state index contributed by atoms with van der Waals surface area (Å²) in [7, 11) is 0. The van der Waals surface area contributed by atoms with Gasteiger partial charge in [-0.15, -0.1) is 0 Å². The highest BCUT2D eigenvalue weighted by Crippen LogP contribution is 2.24. The zero-order valence-electron chi connectivity index (χ0n) is 8.34. The van der Waals surface area contributed by atoms with E-state index >= 15 is 0 Å². The second-order valence-corrected chi connectivity index (χ2v) is 3.72. The van der Waals surface area contributed by atoms with E-state index in [-0.39, 0.29) is 5.82 Å². The summed E-state index contributed by atoms with van der Waals surface area (Å²) in [5.74, 6) is 0.227. The van der Waals surface area contributed by atoms with Crippen LogP contribution in [0.4, 0.5) is 5.82 Å². The van der Waals surface area contributed by atoms with Crippen LogP contribution in [-0.4, -0.2) is 15.1 Å². The van der Waals surface area contributed by atoms with Crippen molar-refractivity contribution < 1.29 is 5.11 Å². The maximum absolute atomic E-state index is 10.0. The lowest BCUT2D eigenvalue weighted by atomic mass is 10.1.